The summed E-state index contributed by atoms with van der Waals surface area (Å²) >= 11 is 0. The number of aromatic amines is 1. The minimum absolute atomic E-state index is 0.898. The minimum atomic E-state index is -1.00. The summed E-state index contributed by atoms with van der Waals surface area (Å²) in [5.74, 6) is 0. The Morgan fingerprint density at radius 3 is 1.93 bits per heavy atom. The summed E-state index contributed by atoms with van der Waals surface area (Å²) in [4.78, 5) is 21.3. The Kier molecular flexibility index (Phi) is 9.28. The van der Waals surface area contributed by atoms with Crippen molar-refractivity contribution in [2.75, 3.05) is 7.15 Å². The number of hydrogen-bond acceptors (Lipinski definition) is 4. The molecule has 0 fully saturated rings. The van der Waals surface area contributed by atoms with Gasteiger partial charge in [-0.1, -0.05) is 74.7 Å². The highest BCUT2D eigenvalue weighted by molar-refractivity contribution is 6.09. The van der Waals surface area contributed by atoms with E-state index in [1.54, 1.807) is 6.20 Å². The van der Waals surface area contributed by atoms with Gasteiger partial charge in [-0.25, -0.2) is 0 Å². The Balaban J connectivity index is 0.000000156. The van der Waals surface area contributed by atoms with Crippen molar-refractivity contribution in [2.24, 2.45) is 0 Å². The van der Waals surface area contributed by atoms with Crippen LogP contribution in [0.1, 0.15) is 34.0 Å². The number of aromatic nitrogens is 6. The number of unbranched alkanes of at least 4 members (excludes halogenated alkanes) is 3. The molecule has 0 aliphatic carbocycles. The first-order valence-corrected chi connectivity index (χ1v) is 15.6. The van der Waals surface area contributed by atoms with Crippen molar-refractivity contribution in [1.82, 2.24) is 29.5 Å². The van der Waals surface area contributed by atoms with Gasteiger partial charge in [0.05, 0.1) is 54.7 Å². The molecule has 8 rings (SSSR count). The van der Waals surface area contributed by atoms with Gasteiger partial charge in [-0.3, -0.25) is 24.3 Å². The molecule has 0 aliphatic rings. The van der Waals surface area contributed by atoms with Crippen molar-refractivity contribution in [3.63, 3.8) is 0 Å². The quantitative estimate of drug-likeness (QED) is 0.183. The van der Waals surface area contributed by atoms with E-state index in [-0.39, 0.29) is 0 Å². The fourth-order valence-corrected chi connectivity index (χ4v) is 5.94. The minimum Gasteiger partial charge on any atom is -0.353 e. The fraction of sp³-hybridized carbons (Fsp3) is 0.179. The van der Waals surface area contributed by atoms with Crippen LogP contribution < -0.4 is 0 Å². The molecule has 0 saturated heterocycles. The lowest BCUT2D eigenvalue weighted by Gasteiger charge is -2.07. The third kappa shape index (κ3) is 6.35. The maximum absolute atomic E-state index is 9.96. The molecule has 0 bridgehead atoms. The summed E-state index contributed by atoms with van der Waals surface area (Å²) in [6.07, 6.45) is 12.6. The van der Waals surface area contributed by atoms with Crippen LogP contribution in [0.25, 0.3) is 66.4 Å². The van der Waals surface area contributed by atoms with E-state index in [2.05, 4.69) is 86.0 Å². The number of rotatable bonds is 7. The van der Waals surface area contributed by atoms with E-state index < -0.39 is 7.15 Å². The Hall–Kier alpha value is -5.43. The predicted octanol–water partition coefficient (Wildman–Crippen LogP) is 10.2. The predicted molar refractivity (Wildman–Crippen MR) is 188 cm³/mol. The summed E-state index contributed by atoms with van der Waals surface area (Å²) in [6, 6.07) is 33.0. The van der Waals surface area contributed by atoms with Crippen molar-refractivity contribution in [3.8, 4) is 22.8 Å². The number of fused-ring (bicyclic) bond motifs is 6. The maximum Gasteiger partial charge on any atom is 0.0893 e. The van der Waals surface area contributed by atoms with Gasteiger partial charge in [-0.05, 0) is 55.0 Å². The highest BCUT2D eigenvalue weighted by Gasteiger charge is 2.12. The molecular weight excluding hydrogens is 571 g/mol. The van der Waals surface area contributed by atoms with E-state index in [0.29, 0.717) is 0 Å². The van der Waals surface area contributed by atoms with Crippen LogP contribution in [0.4, 0.5) is 4.39 Å². The molecule has 0 unspecified atom stereocenters. The Labute approximate surface area is 269 Å². The number of para-hydroxylation sites is 2. The van der Waals surface area contributed by atoms with Crippen LogP contribution in [-0.2, 0) is 6.54 Å². The van der Waals surface area contributed by atoms with E-state index in [4.69, 9.17) is 6.35 Å². The van der Waals surface area contributed by atoms with Crippen LogP contribution in [0.3, 0.4) is 0 Å². The highest BCUT2D eigenvalue weighted by atomic mass is 19.1. The molecular formula is C39H37FN6. The first kappa shape index (κ1) is 29.3. The first-order chi connectivity index (χ1) is 23.2. The number of hydrogen-bond donors (Lipinski definition) is 1. The van der Waals surface area contributed by atoms with Gasteiger partial charge in [0, 0.05) is 51.5 Å². The van der Waals surface area contributed by atoms with Gasteiger partial charge in [0.25, 0.3) is 0 Å². The Morgan fingerprint density at radius 2 is 1.24 bits per heavy atom. The van der Waals surface area contributed by atoms with Crippen molar-refractivity contribution in [3.05, 3.63) is 122 Å². The van der Waals surface area contributed by atoms with E-state index in [1.165, 1.54) is 58.3 Å². The molecule has 6 aromatic heterocycles. The first-order valence-electron chi connectivity index (χ1n) is 16.3. The molecule has 0 amide bonds. The molecule has 0 aliphatic heterocycles. The third-order valence-electron chi connectivity index (χ3n) is 8.14. The van der Waals surface area contributed by atoms with Gasteiger partial charge in [0.2, 0.25) is 0 Å². The largest absolute Gasteiger partial charge is 0.353 e. The van der Waals surface area contributed by atoms with Crippen LogP contribution >= 0.6 is 0 Å². The molecule has 6 heterocycles. The number of nitrogens with zero attached hydrogens (tertiary/aromatic N) is 5. The van der Waals surface area contributed by atoms with E-state index in [9.17, 15) is 4.39 Å². The number of halogens is 1. The molecule has 0 saturated carbocycles. The van der Waals surface area contributed by atoms with Crippen LogP contribution in [-0.4, -0.2) is 36.6 Å². The van der Waals surface area contributed by atoms with Crippen LogP contribution in [0.15, 0.2) is 122 Å². The summed E-state index contributed by atoms with van der Waals surface area (Å²) < 4.78 is 17.9. The number of benzene rings is 2. The van der Waals surface area contributed by atoms with Gasteiger partial charge < -0.3 is 9.55 Å². The van der Waals surface area contributed by atoms with Crippen LogP contribution in [0, 0.1) is 0 Å². The summed E-state index contributed by atoms with van der Waals surface area (Å²) in [7, 11) is -1.00. The average Bonchev–Trinajstić information content (AvgIpc) is 3.66. The van der Waals surface area contributed by atoms with E-state index in [1.807, 2.05) is 61.1 Å². The molecule has 2 aromatic carbocycles. The molecule has 0 radical (unpaired) electrons. The molecule has 0 spiro atoms. The lowest BCUT2D eigenvalue weighted by Crippen LogP contribution is -1.98. The highest BCUT2D eigenvalue weighted by Crippen LogP contribution is 2.31. The van der Waals surface area contributed by atoms with Gasteiger partial charge in [-0.2, -0.15) is 0 Å². The fourth-order valence-electron chi connectivity index (χ4n) is 5.94. The van der Waals surface area contributed by atoms with Gasteiger partial charge in [0.1, 0.15) is 0 Å². The summed E-state index contributed by atoms with van der Waals surface area (Å²) in [5.41, 5.74) is 8.36. The van der Waals surface area contributed by atoms with Crippen molar-refractivity contribution >= 4 is 43.6 Å². The number of pyridine rings is 4. The molecule has 7 heteroatoms. The van der Waals surface area contributed by atoms with Gasteiger partial charge in [-0.15, -0.1) is 0 Å². The second-order valence-corrected chi connectivity index (χ2v) is 11.0. The number of aryl methyl sites for hydroxylation is 1. The summed E-state index contributed by atoms with van der Waals surface area (Å²) in [5, 5.41) is 4.97. The average molecular weight is 610 g/mol. The van der Waals surface area contributed by atoms with E-state index >= 15 is 0 Å². The van der Waals surface area contributed by atoms with Crippen molar-refractivity contribution in [2.45, 2.75) is 39.2 Å². The molecule has 8 aromatic rings. The standard InChI is InChI=1S/C22H23N3.C16H11N3.CH3F/c1-2-3-4-9-14-25-21-12-6-5-10-17(21)18-15-20(24-16-22(18)25)19-11-7-8-13-23-19;1-2-6-13-11(5-1)12-9-15(18-10-16(12)19-13)14-7-3-4-8-17-14;1-2/h5-8,10-13,15-16H,2-4,9,14H2,1H3;1-10,19H;1H3/i;;1D. The SMILES string of the molecule is CCCCCCn1c2ccccc2c2cc(-c3ccccn3)ncc21.[2H]CF.c1ccc(-c2cc3c(cn2)[nH]c2ccccc23)nc1. The maximum atomic E-state index is 9.96. The zero-order chi connectivity index (χ0) is 32.4. The Bertz CT molecular complexity index is 2190. The molecule has 0 atom stereocenters. The smallest absolute Gasteiger partial charge is 0.0893 e. The Morgan fingerprint density at radius 1 is 0.609 bits per heavy atom. The van der Waals surface area contributed by atoms with Crippen molar-refractivity contribution in [1.29, 1.82) is 0 Å². The topological polar surface area (TPSA) is 72.3 Å². The monoisotopic (exact) mass is 609 g/mol. The molecule has 46 heavy (non-hydrogen) atoms. The number of alkyl halides is 1. The van der Waals surface area contributed by atoms with Crippen LogP contribution in [0.2, 0.25) is 0 Å². The lowest BCUT2D eigenvalue weighted by atomic mass is 10.1. The van der Waals surface area contributed by atoms with E-state index in [0.717, 1.165) is 40.4 Å². The van der Waals surface area contributed by atoms with Gasteiger partial charge in [0.15, 0.2) is 0 Å². The third-order valence-corrected chi connectivity index (χ3v) is 8.14. The zero-order valence-corrected chi connectivity index (χ0v) is 25.9. The lowest BCUT2D eigenvalue weighted by molar-refractivity contribution is 0.602. The normalized spacial score (nSPS) is 11.2. The van der Waals surface area contributed by atoms with Crippen LogP contribution in [0.5, 0.6) is 0 Å². The number of H-pyrrole nitrogens is 1. The second kappa shape index (κ2) is 14.6. The van der Waals surface area contributed by atoms with Gasteiger partial charge >= 0.3 is 0 Å². The molecule has 230 valence electrons. The molecule has 1 N–H and O–H groups in total. The number of nitrogens with one attached hydrogen (secondary N) is 1. The zero-order valence-electron chi connectivity index (χ0n) is 26.9. The second-order valence-electron chi connectivity index (χ2n) is 11.0. The summed E-state index contributed by atoms with van der Waals surface area (Å²) in [6.45, 7) is 3.30. The molecule has 6 nitrogen and oxygen atoms in total. The van der Waals surface area contributed by atoms with Crippen molar-refractivity contribution < 1.29 is 5.76 Å².